The Balaban J connectivity index is 1.57. The lowest BCUT2D eigenvalue weighted by Gasteiger charge is -2.16. The van der Waals surface area contributed by atoms with Gasteiger partial charge in [-0.1, -0.05) is 36.4 Å². The van der Waals surface area contributed by atoms with Crippen LogP contribution in [0, 0.1) is 0 Å². The zero-order valence-corrected chi connectivity index (χ0v) is 15.7. The molecule has 0 fully saturated rings. The fourth-order valence-electron chi connectivity index (χ4n) is 2.33. The quantitative estimate of drug-likeness (QED) is 0.401. The molecule has 1 atom stereocenters. The van der Waals surface area contributed by atoms with Crippen molar-refractivity contribution in [2.24, 2.45) is 5.10 Å². The highest BCUT2D eigenvalue weighted by atomic mass is 32.1. The van der Waals surface area contributed by atoms with Gasteiger partial charge in [-0.05, 0) is 17.0 Å². The number of nitrogens with one attached hydrogen (secondary N) is 3. The Labute approximate surface area is 165 Å². The van der Waals surface area contributed by atoms with Crippen molar-refractivity contribution in [3.63, 3.8) is 0 Å². The standard InChI is InChI=1S/C19H19N5O3S/c25-18(24-22-11-16-7-4-8-28-16)17(9-15-10-20-13-21-15)23-19(26)27-12-14-5-2-1-3-6-14/h1-8,10-11,13,17H,9,12H2,(H,20,21)(H,23,26)(H,24,25)/b22-11-/t17-/m1/s1. The second-order valence-corrected chi connectivity index (χ2v) is 6.77. The molecule has 0 saturated carbocycles. The molecule has 3 N–H and O–H groups in total. The maximum absolute atomic E-state index is 12.5. The van der Waals surface area contributed by atoms with E-state index in [9.17, 15) is 9.59 Å². The van der Waals surface area contributed by atoms with E-state index in [1.54, 1.807) is 12.4 Å². The third-order valence-corrected chi connectivity index (χ3v) is 4.52. The van der Waals surface area contributed by atoms with Gasteiger partial charge in [0, 0.05) is 23.2 Å². The van der Waals surface area contributed by atoms with Crippen molar-refractivity contribution in [1.82, 2.24) is 20.7 Å². The monoisotopic (exact) mass is 397 g/mol. The van der Waals surface area contributed by atoms with Crippen LogP contribution in [0.2, 0.25) is 0 Å². The maximum Gasteiger partial charge on any atom is 0.408 e. The number of H-pyrrole nitrogens is 1. The van der Waals surface area contributed by atoms with E-state index in [1.165, 1.54) is 17.7 Å². The van der Waals surface area contributed by atoms with E-state index >= 15 is 0 Å². The zero-order valence-electron chi connectivity index (χ0n) is 14.9. The molecule has 1 aromatic carbocycles. The van der Waals surface area contributed by atoms with E-state index in [0.29, 0.717) is 5.69 Å². The molecule has 0 aliphatic carbocycles. The van der Waals surface area contributed by atoms with Gasteiger partial charge in [-0.15, -0.1) is 11.3 Å². The van der Waals surface area contributed by atoms with Crippen molar-refractivity contribution in [2.45, 2.75) is 19.1 Å². The van der Waals surface area contributed by atoms with Gasteiger partial charge in [0.05, 0.1) is 12.5 Å². The predicted octanol–water partition coefficient (Wildman–Crippen LogP) is 2.46. The number of benzene rings is 1. The molecule has 9 heteroatoms. The number of imidazole rings is 1. The number of carbonyl (C=O) groups is 2. The number of nitrogens with zero attached hydrogens (tertiary/aromatic N) is 2. The number of alkyl carbamates (subject to hydrolysis) is 1. The average Bonchev–Trinajstić information content (AvgIpc) is 3.41. The number of amides is 2. The highest BCUT2D eigenvalue weighted by Crippen LogP contribution is 2.05. The Bertz CT molecular complexity index is 895. The maximum atomic E-state index is 12.5. The van der Waals surface area contributed by atoms with Gasteiger partial charge >= 0.3 is 6.09 Å². The van der Waals surface area contributed by atoms with Gasteiger partial charge in [0.1, 0.15) is 12.6 Å². The SMILES string of the molecule is O=C(N[C@H](Cc1cnc[nH]1)C(=O)N/N=C\c1cccs1)OCc1ccccc1. The molecular formula is C19H19N5O3S. The van der Waals surface area contributed by atoms with Gasteiger partial charge in [0.2, 0.25) is 0 Å². The molecule has 2 heterocycles. The Morgan fingerprint density at radius 2 is 2.11 bits per heavy atom. The molecular weight excluding hydrogens is 378 g/mol. The number of aromatic nitrogens is 2. The van der Waals surface area contributed by atoms with Gasteiger partial charge in [-0.25, -0.2) is 15.2 Å². The number of rotatable bonds is 8. The third kappa shape index (κ3) is 6.06. The number of hydrogen-bond donors (Lipinski definition) is 3. The first-order valence-corrected chi connectivity index (χ1v) is 9.39. The van der Waals surface area contributed by atoms with Crippen LogP contribution in [0.1, 0.15) is 16.1 Å². The molecule has 0 aliphatic rings. The lowest BCUT2D eigenvalue weighted by Crippen LogP contribution is -2.47. The third-order valence-electron chi connectivity index (χ3n) is 3.71. The van der Waals surface area contributed by atoms with E-state index in [-0.39, 0.29) is 13.0 Å². The summed E-state index contributed by atoms with van der Waals surface area (Å²) in [4.78, 5) is 32.4. The van der Waals surface area contributed by atoms with Crippen LogP contribution in [-0.4, -0.2) is 34.2 Å². The van der Waals surface area contributed by atoms with Crippen LogP contribution in [0.15, 0.2) is 65.5 Å². The van der Waals surface area contributed by atoms with Crippen molar-refractivity contribution >= 4 is 29.6 Å². The van der Waals surface area contributed by atoms with Gasteiger partial charge in [-0.2, -0.15) is 5.10 Å². The summed E-state index contributed by atoms with van der Waals surface area (Å²) in [7, 11) is 0. The molecule has 3 rings (SSSR count). The van der Waals surface area contributed by atoms with Crippen molar-refractivity contribution in [1.29, 1.82) is 0 Å². The fraction of sp³-hybridized carbons (Fsp3) is 0.158. The predicted molar refractivity (Wildman–Crippen MR) is 106 cm³/mol. The Morgan fingerprint density at radius 3 is 2.82 bits per heavy atom. The first-order chi connectivity index (χ1) is 13.7. The summed E-state index contributed by atoms with van der Waals surface area (Å²) in [6.45, 7) is 0.113. The highest BCUT2D eigenvalue weighted by Gasteiger charge is 2.22. The number of aromatic amines is 1. The van der Waals surface area contributed by atoms with Crippen LogP contribution in [-0.2, 0) is 22.6 Å². The van der Waals surface area contributed by atoms with Gasteiger partial charge in [0.15, 0.2) is 0 Å². The van der Waals surface area contributed by atoms with E-state index in [1.807, 2.05) is 47.8 Å². The van der Waals surface area contributed by atoms with Crippen LogP contribution in [0.4, 0.5) is 4.79 Å². The topological polar surface area (TPSA) is 108 Å². The first-order valence-electron chi connectivity index (χ1n) is 8.51. The number of carbonyl (C=O) groups excluding carboxylic acids is 2. The van der Waals surface area contributed by atoms with E-state index < -0.39 is 18.0 Å². The van der Waals surface area contributed by atoms with Crippen LogP contribution in [0.5, 0.6) is 0 Å². The smallest absolute Gasteiger partial charge is 0.408 e. The summed E-state index contributed by atoms with van der Waals surface area (Å²) in [5, 5.41) is 8.42. The minimum Gasteiger partial charge on any atom is -0.445 e. The average molecular weight is 397 g/mol. The largest absolute Gasteiger partial charge is 0.445 e. The van der Waals surface area contributed by atoms with Crippen LogP contribution >= 0.6 is 11.3 Å². The molecule has 144 valence electrons. The summed E-state index contributed by atoms with van der Waals surface area (Å²) < 4.78 is 5.20. The Kier molecular flexibility index (Phi) is 6.91. The molecule has 28 heavy (non-hydrogen) atoms. The highest BCUT2D eigenvalue weighted by molar-refractivity contribution is 7.11. The molecule has 0 unspecified atom stereocenters. The lowest BCUT2D eigenvalue weighted by atomic mass is 10.1. The summed E-state index contributed by atoms with van der Waals surface area (Å²) in [5.74, 6) is -0.459. The fourth-order valence-corrected chi connectivity index (χ4v) is 2.92. The van der Waals surface area contributed by atoms with Gasteiger partial charge < -0.3 is 15.0 Å². The minimum atomic E-state index is -0.871. The number of thiophene rings is 1. The molecule has 2 amide bonds. The van der Waals surface area contributed by atoms with Crippen LogP contribution < -0.4 is 10.7 Å². The van der Waals surface area contributed by atoms with Crippen molar-refractivity contribution in [3.8, 4) is 0 Å². The summed E-state index contributed by atoms with van der Waals surface area (Å²) in [6.07, 6.45) is 4.18. The summed E-state index contributed by atoms with van der Waals surface area (Å²) in [5.41, 5.74) is 4.00. The van der Waals surface area contributed by atoms with Gasteiger partial charge in [0.25, 0.3) is 5.91 Å². The van der Waals surface area contributed by atoms with E-state index in [4.69, 9.17) is 4.74 Å². The number of ether oxygens (including phenoxy) is 1. The van der Waals surface area contributed by atoms with E-state index in [0.717, 1.165) is 10.4 Å². The number of hydrazone groups is 1. The summed E-state index contributed by atoms with van der Waals surface area (Å²) in [6, 6.07) is 12.2. The van der Waals surface area contributed by atoms with E-state index in [2.05, 4.69) is 25.8 Å². The second-order valence-electron chi connectivity index (χ2n) is 5.79. The normalized spacial score (nSPS) is 11.9. The lowest BCUT2D eigenvalue weighted by molar-refractivity contribution is -0.123. The van der Waals surface area contributed by atoms with Crippen molar-refractivity contribution in [3.05, 3.63) is 76.5 Å². The van der Waals surface area contributed by atoms with Crippen LogP contribution in [0.25, 0.3) is 0 Å². The molecule has 0 saturated heterocycles. The van der Waals surface area contributed by atoms with Crippen molar-refractivity contribution in [2.75, 3.05) is 0 Å². The first kappa shape index (κ1) is 19.3. The molecule has 8 nitrogen and oxygen atoms in total. The molecule has 0 bridgehead atoms. The second kappa shape index (κ2) is 10.0. The molecule has 3 aromatic rings. The minimum absolute atomic E-state index is 0.113. The molecule has 0 radical (unpaired) electrons. The van der Waals surface area contributed by atoms with Crippen molar-refractivity contribution < 1.29 is 14.3 Å². The summed E-state index contributed by atoms with van der Waals surface area (Å²) >= 11 is 1.50. The number of hydrogen-bond acceptors (Lipinski definition) is 6. The molecule has 2 aromatic heterocycles. The molecule has 0 spiro atoms. The Hall–Kier alpha value is -3.46. The van der Waals surface area contributed by atoms with Gasteiger partial charge in [-0.3, -0.25) is 4.79 Å². The van der Waals surface area contributed by atoms with Crippen LogP contribution in [0.3, 0.4) is 0 Å². The zero-order chi connectivity index (χ0) is 19.6. The molecule has 0 aliphatic heterocycles. The Morgan fingerprint density at radius 1 is 1.25 bits per heavy atom.